The van der Waals surface area contributed by atoms with Crippen LogP contribution in [0.25, 0.3) is 10.9 Å². The van der Waals surface area contributed by atoms with Gasteiger partial charge in [-0.1, -0.05) is 18.2 Å². The Labute approximate surface area is 147 Å². The molecule has 0 saturated carbocycles. The third-order valence-corrected chi connectivity index (χ3v) is 4.25. The number of aryl methyl sites for hydroxylation is 3. The first-order chi connectivity index (χ1) is 11.9. The van der Waals surface area contributed by atoms with E-state index in [1.165, 1.54) is 0 Å². The van der Waals surface area contributed by atoms with Gasteiger partial charge < -0.3 is 14.8 Å². The SMILES string of the molecule is Cc1nc(N(C)C)nc(C)c1NC(=O)Cc1cn(C)c2ccccc12. The summed E-state index contributed by atoms with van der Waals surface area (Å²) in [6, 6.07) is 8.09. The van der Waals surface area contributed by atoms with Crippen LogP contribution in [0.2, 0.25) is 0 Å². The van der Waals surface area contributed by atoms with Crippen LogP contribution in [0, 0.1) is 13.8 Å². The molecule has 1 aromatic carbocycles. The van der Waals surface area contributed by atoms with Gasteiger partial charge in [0.15, 0.2) is 0 Å². The number of para-hydroxylation sites is 1. The van der Waals surface area contributed by atoms with Gasteiger partial charge in [0.2, 0.25) is 11.9 Å². The summed E-state index contributed by atoms with van der Waals surface area (Å²) < 4.78 is 2.05. The molecule has 0 aliphatic rings. The zero-order valence-electron chi connectivity index (χ0n) is 15.3. The van der Waals surface area contributed by atoms with Crippen molar-refractivity contribution < 1.29 is 4.79 Å². The lowest BCUT2D eigenvalue weighted by Gasteiger charge is -2.15. The molecule has 2 heterocycles. The third kappa shape index (κ3) is 3.33. The number of fused-ring (bicyclic) bond motifs is 1. The number of anilines is 2. The van der Waals surface area contributed by atoms with Crippen molar-refractivity contribution in [1.82, 2.24) is 14.5 Å². The Morgan fingerprint density at radius 3 is 2.44 bits per heavy atom. The van der Waals surface area contributed by atoms with E-state index in [4.69, 9.17) is 0 Å². The van der Waals surface area contributed by atoms with E-state index >= 15 is 0 Å². The highest BCUT2D eigenvalue weighted by molar-refractivity contribution is 5.96. The summed E-state index contributed by atoms with van der Waals surface area (Å²) in [6.45, 7) is 3.77. The third-order valence-electron chi connectivity index (χ3n) is 4.25. The molecule has 0 aliphatic heterocycles. The maximum Gasteiger partial charge on any atom is 0.228 e. The van der Waals surface area contributed by atoms with Gasteiger partial charge in [-0.2, -0.15) is 0 Å². The minimum Gasteiger partial charge on any atom is -0.350 e. The Morgan fingerprint density at radius 1 is 1.16 bits per heavy atom. The molecular formula is C19H23N5O. The van der Waals surface area contributed by atoms with Crippen molar-refractivity contribution in [2.75, 3.05) is 24.3 Å². The molecule has 0 aliphatic carbocycles. The molecule has 1 amide bonds. The summed E-state index contributed by atoms with van der Waals surface area (Å²) in [6.07, 6.45) is 2.32. The van der Waals surface area contributed by atoms with Gasteiger partial charge >= 0.3 is 0 Å². The highest BCUT2D eigenvalue weighted by Gasteiger charge is 2.15. The number of amides is 1. The topological polar surface area (TPSA) is 63.1 Å². The molecule has 0 saturated heterocycles. The summed E-state index contributed by atoms with van der Waals surface area (Å²) in [5.41, 5.74) is 4.36. The average molecular weight is 337 g/mol. The van der Waals surface area contributed by atoms with Crippen molar-refractivity contribution in [3.05, 3.63) is 47.4 Å². The number of nitrogens with one attached hydrogen (secondary N) is 1. The van der Waals surface area contributed by atoms with Crippen molar-refractivity contribution in [3.63, 3.8) is 0 Å². The van der Waals surface area contributed by atoms with E-state index in [1.54, 1.807) is 0 Å². The largest absolute Gasteiger partial charge is 0.350 e. The zero-order chi connectivity index (χ0) is 18.1. The fraction of sp³-hybridized carbons (Fsp3) is 0.316. The average Bonchev–Trinajstić information content (AvgIpc) is 2.87. The van der Waals surface area contributed by atoms with E-state index in [-0.39, 0.29) is 5.91 Å². The highest BCUT2D eigenvalue weighted by Crippen LogP contribution is 2.23. The predicted octanol–water partition coefficient (Wildman–Crippen LogP) is 2.83. The van der Waals surface area contributed by atoms with Gasteiger partial charge in [-0.05, 0) is 25.5 Å². The molecule has 0 fully saturated rings. The van der Waals surface area contributed by atoms with E-state index in [1.807, 2.05) is 68.9 Å². The molecule has 2 aromatic heterocycles. The summed E-state index contributed by atoms with van der Waals surface area (Å²) in [4.78, 5) is 23.3. The van der Waals surface area contributed by atoms with Crippen molar-refractivity contribution in [1.29, 1.82) is 0 Å². The molecule has 1 N–H and O–H groups in total. The number of nitrogens with zero attached hydrogens (tertiary/aromatic N) is 4. The Morgan fingerprint density at radius 2 is 1.80 bits per heavy atom. The number of hydrogen-bond acceptors (Lipinski definition) is 4. The fourth-order valence-corrected chi connectivity index (χ4v) is 3.00. The van der Waals surface area contributed by atoms with Crippen LogP contribution in [0.15, 0.2) is 30.5 Å². The maximum atomic E-state index is 12.6. The van der Waals surface area contributed by atoms with Crippen LogP contribution in [0.5, 0.6) is 0 Å². The first kappa shape index (κ1) is 17.0. The van der Waals surface area contributed by atoms with Gasteiger partial charge in [0.1, 0.15) is 0 Å². The molecule has 0 radical (unpaired) electrons. The second-order valence-electron chi connectivity index (χ2n) is 6.47. The molecule has 6 heteroatoms. The molecule has 0 unspecified atom stereocenters. The Kier molecular flexibility index (Phi) is 4.44. The Hall–Kier alpha value is -2.89. The molecule has 130 valence electrons. The lowest BCUT2D eigenvalue weighted by Crippen LogP contribution is -2.19. The summed E-state index contributed by atoms with van der Waals surface area (Å²) in [5, 5.41) is 4.08. The van der Waals surface area contributed by atoms with E-state index in [2.05, 4.69) is 21.4 Å². The maximum absolute atomic E-state index is 12.6. The van der Waals surface area contributed by atoms with Crippen LogP contribution < -0.4 is 10.2 Å². The number of benzene rings is 1. The fourth-order valence-electron chi connectivity index (χ4n) is 3.00. The van der Waals surface area contributed by atoms with Gasteiger partial charge in [0, 0.05) is 38.2 Å². The quantitative estimate of drug-likeness (QED) is 0.795. The van der Waals surface area contributed by atoms with Crippen LogP contribution in [-0.4, -0.2) is 34.5 Å². The molecule has 0 spiro atoms. The minimum atomic E-state index is -0.0660. The first-order valence-corrected chi connectivity index (χ1v) is 8.22. The van der Waals surface area contributed by atoms with Gasteiger partial charge in [-0.15, -0.1) is 0 Å². The summed E-state index contributed by atoms with van der Waals surface area (Å²) in [5.74, 6) is 0.575. The molecule has 25 heavy (non-hydrogen) atoms. The van der Waals surface area contributed by atoms with E-state index in [9.17, 15) is 4.79 Å². The smallest absolute Gasteiger partial charge is 0.228 e. The summed E-state index contributed by atoms with van der Waals surface area (Å²) in [7, 11) is 5.78. The number of rotatable bonds is 4. The Bertz CT molecular complexity index is 919. The van der Waals surface area contributed by atoms with Gasteiger partial charge in [-0.3, -0.25) is 4.79 Å². The van der Waals surface area contributed by atoms with Crippen molar-refractivity contribution in [2.45, 2.75) is 20.3 Å². The molecule has 3 rings (SSSR count). The molecule has 0 atom stereocenters. The Balaban J connectivity index is 1.83. The van der Waals surface area contributed by atoms with E-state index in [0.29, 0.717) is 18.1 Å². The predicted molar refractivity (Wildman–Crippen MR) is 101 cm³/mol. The summed E-state index contributed by atoms with van der Waals surface area (Å²) >= 11 is 0. The number of hydrogen-bond donors (Lipinski definition) is 1. The molecule has 6 nitrogen and oxygen atoms in total. The van der Waals surface area contributed by atoms with E-state index < -0.39 is 0 Å². The normalized spacial score (nSPS) is 10.9. The molecule has 3 aromatic rings. The van der Waals surface area contributed by atoms with Crippen LogP contribution in [0.1, 0.15) is 17.0 Å². The van der Waals surface area contributed by atoms with Crippen molar-refractivity contribution >= 4 is 28.4 Å². The number of aromatic nitrogens is 3. The first-order valence-electron chi connectivity index (χ1n) is 8.22. The van der Waals surface area contributed by atoms with Crippen LogP contribution in [-0.2, 0) is 18.3 Å². The van der Waals surface area contributed by atoms with Crippen molar-refractivity contribution in [2.24, 2.45) is 7.05 Å². The van der Waals surface area contributed by atoms with Gasteiger partial charge in [0.05, 0.1) is 23.5 Å². The zero-order valence-corrected chi connectivity index (χ0v) is 15.3. The van der Waals surface area contributed by atoms with Gasteiger partial charge in [-0.25, -0.2) is 9.97 Å². The standard InChI is InChI=1S/C19H23N5O/c1-12-18(13(2)21-19(20-12)23(3)4)22-17(25)10-14-11-24(5)16-9-7-6-8-15(14)16/h6-9,11H,10H2,1-5H3,(H,22,25). The van der Waals surface area contributed by atoms with Crippen molar-refractivity contribution in [3.8, 4) is 0 Å². The monoisotopic (exact) mass is 337 g/mol. The minimum absolute atomic E-state index is 0.0660. The van der Waals surface area contributed by atoms with E-state index in [0.717, 1.165) is 27.9 Å². The van der Waals surface area contributed by atoms with Crippen LogP contribution in [0.3, 0.4) is 0 Å². The highest BCUT2D eigenvalue weighted by atomic mass is 16.1. The second kappa shape index (κ2) is 6.55. The lowest BCUT2D eigenvalue weighted by atomic mass is 10.1. The van der Waals surface area contributed by atoms with Crippen LogP contribution in [0.4, 0.5) is 11.6 Å². The van der Waals surface area contributed by atoms with Crippen LogP contribution >= 0.6 is 0 Å². The molecular weight excluding hydrogens is 314 g/mol. The number of carbonyl (C=O) groups is 1. The van der Waals surface area contributed by atoms with Gasteiger partial charge in [0.25, 0.3) is 0 Å². The molecule has 0 bridgehead atoms. The number of carbonyl (C=O) groups excluding carboxylic acids is 1. The lowest BCUT2D eigenvalue weighted by molar-refractivity contribution is -0.115. The second-order valence-corrected chi connectivity index (χ2v) is 6.47.